The first-order valence-corrected chi connectivity index (χ1v) is 20.3. The first-order chi connectivity index (χ1) is 30.0. The van der Waals surface area contributed by atoms with Crippen LogP contribution < -0.4 is 38.5 Å². The first kappa shape index (κ1) is 45.2. The number of benzene rings is 3. The molecule has 1 aliphatic heterocycles. The van der Waals surface area contributed by atoms with Crippen molar-refractivity contribution in [1.29, 1.82) is 0 Å². The molecule has 0 fully saturated rings. The summed E-state index contributed by atoms with van der Waals surface area (Å²) in [5.41, 5.74) is 0.237. The van der Waals surface area contributed by atoms with Gasteiger partial charge >= 0.3 is 10.2 Å². The fourth-order valence-corrected chi connectivity index (χ4v) is 8.35. The Kier molecular flexibility index (Phi) is 13.8. The van der Waals surface area contributed by atoms with Crippen molar-refractivity contribution >= 4 is 56.7 Å². The quantitative estimate of drug-likeness (QED) is 0.139. The summed E-state index contributed by atoms with van der Waals surface area (Å²) in [4.78, 5) is 65.8. The van der Waals surface area contributed by atoms with E-state index in [1.807, 2.05) is 0 Å². The van der Waals surface area contributed by atoms with E-state index < -0.39 is 95.1 Å². The van der Waals surface area contributed by atoms with Crippen LogP contribution in [0.1, 0.15) is 11.1 Å². The highest BCUT2D eigenvalue weighted by Crippen LogP contribution is 2.40. The molecule has 6 rings (SSSR count). The zero-order chi connectivity index (χ0) is 45.6. The summed E-state index contributed by atoms with van der Waals surface area (Å²) < 4.78 is 96.9. The number of amides is 4. The molecule has 0 saturated heterocycles. The molecule has 2 aromatic heterocycles. The number of nitrogens with one attached hydrogen (secondary N) is 2. The maximum Gasteiger partial charge on any atom is 0.327 e. The van der Waals surface area contributed by atoms with E-state index in [1.165, 1.54) is 89.2 Å². The van der Waals surface area contributed by atoms with Gasteiger partial charge in [0.2, 0.25) is 23.6 Å². The number of likely N-dealkylation sites (N-methyl/N-ethyl adjacent to an activating group) is 2. The number of halogens is 4. The summed E-state index contributed by atoms with van der Waals surface area (Å²) in [6, 6.07) is 13.9. The normalized spacial score (nSPS) is 13.7. The highest BCUT2D eigenvalue weighted by atomic mass is 32.2. The summed E-state index contributed by atoms with van der Waals surface area (Å²) in [5, 5.41) is 4.99. The van der Waals surface area contributed by atoms with Crippen LogP contribution in [0, 0.1) is 23.3 Å². The van der Waals surface area contributed by atoms with E-state index in [-0.39, 0.29) is 39.9 Å². The topological polar surface area (TPSA) is 184 Å². The zero-order valence-electron chi connectivity index (χ0n) is 34.1. The van der Waals surface area contributed by atoms with Crippen molar-refractivity contribution in [2.45, 2.75) is 24.9 Å². The number of hydrogen-bond donors (Lipinski definition) is 2. The molecule has 0 spiro atoms. The van der Waals surface area contributed by atoms with Crippen molar-refractivity contribution in [1.82, 2.24) is 20.6 Å². The monoisotopic (exact) mass is 892 g/mol. The van der Waals surface area contributed by atoms with Gasteiger partial charge in [-0.05, 0) is 65.7 Å². The van der Waals surface area contributed by atoms with Crippen LogP contribution in [0.5, 0.6) is 11.6 Å². The van der Waals surface area contributed by atoms with Crippen molar-refractivity contribution in [2.75, 3.05) is 59.8 Å². The number of nitrogens with zero attached hydrogens (tertiary/aromatic N) is 6. The van der Waals surface area contributed by atoms with Gasteiger partial charge in [-0.3, -0.25) is 24.1 Å². The summed E-state index contributed by atoms with van der Waals surface area (Å²) in [5.74, 6) is -6.48. The molecule has 16 nitrogen and oxygen atoms in total. The van der Waals surface area contributed by atoms with Crippen LogP contribution in [-0.2, 0) is 42.2 Å². The van der Waals surface area contributed by atoms with Crippen LogP contribution in [-0.4, -0.2) is 95.5 Å². The van der Waals surface area contributed by atoms with Crippen LogP contribution in [0.4, 0.5) is 40.4 Å². The van der Waals surface area contributed by atoms with Gasteiger partial charge in [0.15, 0.2) is 0 Å². The third-order valence-electron chi connectivity index (χ3n) is 9.82. The van der Waals surface area contributed by atoms with Gasteiger partial charge in [0.05, 0.1) is 43.7 Å². The maximum atomic E-state index is 14.2. The minimum Gasteiger partial charge on any atom is -0.495 e. The van der Waals surface area contributed by atoms with Gasteiger partial charge in [-0.2, -0.15) is 8.42 Å². The molecule has 2 atom stereocenters. The van der Waals surface area contributed by atoms with Crippen molar-refractivity contribution in [3.63, 3.8) is 0 Å². The molecular formula is C42H40F4N8O8S. The molecule has 0 aliphatic carbocycles. The fraction of sp³-hybridized carbons (Fsp3) is 0.238. The summed E-state index contributed by atoms with van der Waals surface area (Å²) in [6.07, 6.45) is 1.85. The number of aromatic nitrogens is 2. The van der Waals surface area contributed by atoms with Crippen molar-refractivity contribution in [3.8, 4) is 11.6 Å². The Bertz CT molecular complexity index is 2410. The van der Waals surface area contributed by atoms with E-state index in [1.54, 1.807) is 0 Å². The second-order valence-electron chi connectivity index (χ2n) is 14.1. The van der Waals surface area contributed by atoms with Crippen molar-refractivity contribution < 1.29 is 54.6 Å². The van der Waals surface area contributed by atoms with Gasteiger partial charge in [-0.1, -0.05) is 12.1 Å². The standard InChI is InChI=1S/C42H40F4N8O8S/c1-51(31-9-12-40(62-4)48-21-31)41(57)33(17-25-13-27(43)19-28(44)14-25)49-38(55)23-53-35-7-5-6-8-36(35)54(63(53,59)60)24-39(56)50-34(18-26-15-29(45)20-30(46)16-26)42(58)52(2)37-11-10-32(61-3)22-47-37/h5-16,19-22,33-34H,17-18,23-24H2,1-4H3,(H,49,55)(H,50,56)/t33-,34-/m0/s1. The molecule has 0 unspecified atom stereocenters. The predicted octanol–water partition coefficient (Wildman–Crippen LogP) is 3.70. The van der Waals surface area contributed by atoms with Crippen LogP contribution >= 0.6 is 0 Å². The largest absolute Gasteiger partial charge is 0.495 e. The smallest absolute Gasteiger partial charge is 0.327 e. The van der Waals surface area contributed by atoms with Crippen LogP contribution in [0.25, 0.3) is 0 Å². The van der Waals surface area contributed by atoms with Crippen molar-refractivity contribution in [3.05, 3.63) is 132 Å². The van der Waals surface area contributed by atoms with E-state index in [9.17, 15) is 45.2 Å². The highest BCUT2D eigenvalue weighted by Gasteiger charge is 2.43. The second kappa shape index (κ2) is 19.2. The highest BCUT2D eigenvalue weighted by molar-refractivity contribution is 7.94. The average molecular weight is 893 g/mol. The summed E-state index contributed by atoms with van der Waals surface area (Å²) in [7, 11) is 0.808. The number of carbonyl (C=O) groups is 4. The molecule has 330 valence electrons. The Balaban J connectivity index is 1.23. The van der Waals surface area contributed by atoms with Crippen LogP contribution in [0.15, 0.2) is 97.3 Å². The summed E-state index contributed by atoms with van der Waals surface area (Å²) in [6.45, 7) is -1.84. The van der Waals surface area contributed by atoms with Crippen LogP contribution in [0.2, 0.25) is 0 Å². The molecule has 21 heteroatoms. The predicted molar refractivity (Wildman–Crippen MR) is 222 cm³/mol. The molecule has 2 N–H and O–H groups in total. The molecule has 63 heavy (non-hydrogen) atoms. The molecule has 5 aromatic rings. The molecule has 3 aromatic carbocycles. The summed E-state index contributed by atoms with van der Waals surface area (Å²) >= 11 is 0. The molecule has 4 amide bonds. The number of fused-ring (bicyclic) bond motifs is 1. The fourth-order valence-electron chi connectivity index (χ4n) is 6.75. The van der Waals surface area contributed by atoms with Gasteiger partial charge in [0, 0.05) is 45.1 Å². The number of pyridine rings is 2. The van der Waals surface area contributed by atoms with Crippen molar-refractivity contribution in [2.24, 2.45) is 0 Å². The lowest BCUT2D eigenvalue weighted by Gasteiger charge is -2.27. The average Bonchev–Trinajstić information content (AvgIpc) is 3.45. The Labute approximate surface area is 359 Å². The van der Waals surface area contributed by atoms with Crippen LogP contribution in [0.3, 0.4) is 0 Å². The van der Waals surface area contributed by atoms with E-state index in [0.29, 0.717) is 26.5 Å². The lowest BCUT2D eigenvalue weighted by Crippen LogP contribution is -2.53. The molecule has 3 heterocycles. The Hall–Kier alpha value is -7.29. The molecule has 0 radical (unpaired) electrons. The van der Waals surface area contributed by atoms with E-state index in [2.05, 4.69) is 20.6 Å². The zero-order valence-corrected chi connectivity index (χ0v) is 34.9. The lowest BCUT2D eigenvalue weighted by atomic mass is 10.0. The van der Waals surface area contributed by atoms with E-state index >= 15 is 0 Å². The van der Waals surface area contributed by atoms with Gasteiger partial charge < -0.3 is 25.0 Å². The lowest BCUT2D eigenvalue weighted by molar-refractivity contribution is -0.126. The van der Waals surface area contributed by atoms with E-state index in [4.69, 9.17) is 9.47 Å². The second-order valence-corrected chi connectivity index (χ2v) is 15.9. The Morgan fingerprint density at radius 2 is 1.14 bits per heavy atom. The van der Waals surface area contributed by atoms with Gasteiger partial charge in [0.1, 0.15) is 60.0 Å². The number of rotatable bonds is 16. The molecule has 0 bridgehead atoms. The van der Waals surface area contributed by atoms with Gasteiger partial charge in [-0.15, -0.1) is 0 Å². The van der Waals surface area contributed by atoms with Gasteiger partial charge in [-0.25, -0.2) is 36.1 Å². The number of ether oxygens (including phenoxy) is 2. The minimum atomic E-state index is -4.75. The number of methoxy groups -OCH3 is 2. The number of para-hydroxylation sites is 2. The molecular weight excluding hydrogens is 853 g/mol. The maximum absolute atomic E-state index is 14.2. The number of anilines is 4. The molecule has 1 aliphatic rings. The first-order valence-electron chi connectivity index (χ1n) is 18.9. The third kappa shape index (κ3) is 10.6. The van der Waals surface area contributed by atoms with E-state index in [0.717, 1.165) is 34.1 Å². The number of hydrogen-bond acceptors (Lipinski definition) is 10. The third-order valence-corrected chi connectivity index (χ3v) is 11.6. The SMILES string of the molecule is COc1ccc(N(C)C(=O)[C@H](Cc2cc(F)cc(F)c2)NC(=O)CN2c3ccccc3N(CC(=O)N[C@@H](Cc3cc(F)cc(F)c3)C(=O)N(C)c3ccc(OC)nc3)S2(=O)=O)nc1. The number of carbonyl (C=O) groups excluding carboxylic acids is 4. The Morgan fingerprint density at radius 1 is 0.651 bits per heavy atom. The molecule has 0 saturated carbocycles. The Morgan fingerprint density at radius 3 is 1.56 bits per heavy atom. The van der Waals surface area contributed by atoms with Gasteiger partial charge in [0.25, 0.3) is 5.91 Å². The minimum absolute atomic E-state index is 0.00439.